The van der Waals surface area contributed by atoms with Crippen LogP contribution in [-0.4, -0.2) is 35.1 Å². The standard InChI is InChI=1S/C22H23N3O3/c1-14-8-15(2)10-17(9-14)24-12-16(11-20(24)26)22-23-18-6-4-5-7-19(18)25(22)13-21(27)28-3/h4-10,16H,11-13H2,1-3H3. The van der Waals surface area contributed by atoms with Crippen molar-refractivity contribution in [2.75, 3.05) is 18.6 Å². The SMILES string of the molecule is COC(=O)Cn1c(C2CC(=O)N(c3cc(C)cc(C)c3)C2)nc2ccccc21. The highest BCUT2D eigenvalue weighted by Crippen LogP contribution is 2.34. The zero-order chi connectivity index (χ0) is 19.8. The van der Waals surface area contributed by atoms with Crippen LogP contribution in [0.5, 0.6) is 0 Å². The van der Waals surface area contributed by atoms with Crippen molar-refractivity contribution in [3.63, 3.8) is 0 Å². The summed E-state index contributed by atoms with van der Waals surface area (Å²) in [6.07, 6.45) is 0.373. The molecule has 0 spiro atoms. The first kappa shape index (κ1) is 18.2. The van der Waals surface area contributed by atoms with E-state index in [4.69, 9.17) is 9.72 Å². The number of carbonyl (C=O) groups excluding carboxylic acids is 2. The maximum absolute atomic E-state index is 12.8. The highest BCUT2D eigenvalue weighted by Gasteiger charge is 2.35. The minimum Gasteiger partial charge on any atom is -0.468 e. The van der Waals surface area contributed by atoms with Crippen LogP contribution in [0.1, 0.15) is 29.3 Å². The maximum Gasteiger partial charge on any atom is 0.325 e. The van der Waals surface area contributed by atoms with Crippen LogP contribution < -0.4 is 4.90 Å². The number of benzene rings is 2. The summed E-state index contributed by atoms with van der Waals surface area (Å²) in [7, 11) is 1.38. The lowest BCUT2D eigenvalue weighted by molar-refractivity contribution is -0.141. The number of methoxy groups -OCH3 is 1. The predicted octanol–water partition coefficient (Wildman–Crippen LogP) is 3.35. The number of para-hydroxylation sites is 2. The topological polar surface area (TPSA) is 64.4 Å². The first-order chi connectivity index (χ1) is 13.5. The number of aromatic nitrogens is 2. The first-order valence-electron chi connectivity index (χ1n) is 9.37. The molecule has 1 aromatic heterocycles. The van der Waals surface area contributed by atoms with E-state index in [2.05, 4.69) is 6.07 Å². The van der Waals surface area contributed by atoms with E-state index in [1.54, 1.807) is 0 Å². The van der Waals surface area contributed by atoms with Crippen molar-refractivity contribution < 1.29 is 14.3 Å². The van der Waals surface area contributed by atoms with Crippen LogP contribution in [0.15, 0.2) is 42.5 Å². The second kappa shape index (κ2) is 7.11. The number of fused-ring (bicyclic) bond motifs is 1. The van der Waals surface area contributed by atoms with Gasteiger partial charge in [-0.15, -0.1) is 0 Å². The number of rotatable bonds is 4. The molecule has 3 aromatic rings. The van der Waals surface area contributed by atoms with Crippen molar-refractivity contribution in [3.8, 4) is 0 Å². The molecule has 1 unspecified atom stereocenters. The fourth-order valence-electron chi connectivity index (χ4n) is 4.00. The summed E-state index contributed by atoms with van der Waals surface area (Å²) in [5.74, 6) is 0.420. The monoisotopic (exact) mass is 377 g/mol. The van der Waals surface area contributed by atoms with Gasteiger partial charge in [0.1, 0.15) is 12.4 Å². The Morgan fingerprint density at radius 1 is 1.18 bits per heavy atom. The van der Waals surface area contributed by atoms with Crippen molar-refractivity contribution in [2.45, 2.75) is 32.7 Å². The van der Waals surface area contributed by atoms with E-state index >= 15 is 0 Å². The van der Waals surface area contributed by atoms with E-state index in [1.807, 2.05) is 59.7 Å². The van der Waals surface area contributed by atoms with Crippen molar-refractivity contribution in [3.05, 3.63) is 59.4 Å². The van der Waals surface area contributed by atoms with Crippen LogP contribution in [0.3, 0.4) is 0 Å². The summed E-state index contributed by atoms with van der Waals surface area (Å²) < 4.78 is 6.74. The van der Waals surface area contributed by atoms with Gasteiger partial charge in [-0.3, -0.25) is 9.59 Å². The average molecular weight is 377 g/mol. The van der Waals surface area contributed by atoms with Gasteiger partial charge in [-0.05, 0) is 49.2 Å². The molecule has 4 rings (SSSR count). The highest BCUT2D eigenvalue weighted by atomic mass is 16.5. The van der Waals surface area contributed by atoms with E-state index in [9.17, 15) is 9.59 Å². The number of esters is 1. The lowest BCUT2D eigenvalue weighted by Gasteiger charge is -2.18. The normalized spacial score (nSPS) is 16.8. The molecule has 0 aliphatic carbocycles. The van der Waals surface area contributed by atoms with Crippen molar-refractivity contribution >= 4 is 28.6 Å². The molecule has 6 nitrogen and oxygen atoms in total. The second-order valence-corrected chi connectivity index (χ2v) is 7.37. The average Bonchev–Trinajstić information content (AvgIpc) is 3.22. The van der Waals surface area contributed by atoms with Gasteiger partial charge >= 0.3 is 5.97 Å². The van der Waals surface area contributed by atoms with E-state index in [1.165, 1.54) is 7.11 Å². The molecule has 0 N–H and O–H groups in total. The Hall–Kier alpha value is -3.15. The Bertz CT molecular complexity index is 1050. The number of ether oxygens (including phenoxy) is 1. The fourth-order valence-corrected chi connectivity index (χ4v) is 4.00. The van der Waals surface area contributed by atoms with Crippen LogP contribution in [0.4, 0.5) is 5.69 Å². The third-order valence-corrected chi connectivity index (χ3v) is 5.21. The molecule has 1 aliphatic heterocycles. The summed E-state index contributed by atoms with van der Waals surface area (Å²) in [6, 6.07) is 13.9. The molecule has 0 bridgehead atoms. The summed E-state index contributed by atoms with van der Waals surface area (Å²) in [4.78, 5) is 31.3. The van der Waals surface area contributed by atoms with Crippen molar-refractivity contribution in [1.29, 1.82) is 0 Å². The molecule has 144 valence electrons. The number of anilines is 1. The van der Waals surface area contributed by atoms with Gasteiger partial charge in [-0.1, -0.05) is 18.2 Å². The molecule has 0 radical (unpaired) electrons. The van der Waals surface area contributed by atoms with Crippen LogP contribution in [-0.2, 0) is 20.9 Å². The minimum atomic E-state index is -0.333. The largest absolute Gasteiger partial charge is 0.468 e. The van der Waals surface area contributed by atoms with E-state index in [0.717, 1.165) is 33.7 Å². The fraction of sp³-hybridized carbons (Fsp3) is 0.318. The number of aryl methyl sites for hydroxylation is 2. The molecular formula is C22H23N3O3. The summed E-state index contributed by atoms with van der Waals surface area (Å²) in [5, 5.41) is 0. The zero-order valence-corrected chi connectivity index (χ0v) is 16.3. The Labute approximate surface area is 163 Å². The molecule has 1 atom stereocenters. The van der Waals surface area contributed by atoms with Gasteiger partial charge in [0, 0.05) is 24.6 Å². The lowest BCUT2D eigenvalue weighted by Crippen LogP contribution is -2.25. The maximum atomic E-state index is 12.8. The number of hydrogen-bond donors (Lipinski definition) is 0. The predicted molar refractivity (Wildman–Crippen MR) is 107 cm³/mol. The Balaban J connectivity index is 1.71. The number of imidazole rings is 1. The Kier molecular flexibility index (Phi) is 4.63. The molecule has 28 heavy (non-hydrogen) atoms. The summed E-state index contributed by atoms with van der Waals surface area (Å²) in [5.41, 5.74) is 4.87. The Morgan fingerprint density at radius 3 is 2.61 bits per heavy atom. The van der Waals surface area contributed by atoms with Crippen LogP contribution in [0.2, 0.25) is 0 Å². The van der Waals surface area contributed by atoms with Crippen LogP contribution in [0, 0.1) is 13.8 Å². The number of carbonyl (C=O) groups is 2. The second-order valence-electron chi connectivity index (χ2n) is 7.37. The first-order valence-corrected chi connectivity index (χ1v) is 9.37. The smallest absolute Gasteiger partial charge is 0.325 e. The molecule has 6 heteroatoms. The molecular weight excluding hydrogens is 354 g/mol. The molecule has 1 aliphatic rings. The molecule has 2 heterocycles. The van der Waals surface area contributed by atoms with E-state index in [-0.39, 0.29) is 24.3 Å². The van der Waals surface area contributed by atoms with E-state index in [0.29, 0.717) is 13.0 Å². The third-order valence-electron chi connectivity index (χ3n) is 5.21. The molecule has 1 saturated heterocycles. The van der Waals surface area contributed by atoms with Crippen LogP contribution >= 0.6 is 0 Å². The minimum absolute atomic E-state index is 0.0756. The van der Waals surface area contributed by atoms with E-state index < -0.39 is 0 Å². The van der Waals surface area contributed by atoms with Gasteiger partial charge in [0.15, 0.2) is 0 Å². The van der Waals surface area contributed by atoms with Gasteiger partial charge in [-0.25, -0.2) is 4.98 Å². The van der Waals surface area contributed by atoms with Gasteiger partial charge in [0.2, 0.25) is 5.91 Å². The number of hydrogen-bond acceptors (Lipinski definition) is 4. The number of amides is 1. The summed E-state index contributed by atoms with van der Waals surface area (Å²) >= 11 is 0. The lowest BCUT2D eigenvalue weighted by atomic mass is 10.1. The molecule has 0 saturated carbocycles. The highest BCUT2D eigenvalue weighted by molar-refractivity contribution is 5.96. The Morgan fingerprint density at radius 2 is 1.89 bits per heavy atom. The molecule has 2 aromatic carbocycles. The zero-order valence-electron chi connectivity index (χ0n) is 16.3. The third kappa shape index (κ3) is 3.26. The van der Waals surface area contributed by atoms with Gasteiger partial charge < -0.3 is 14.2 Å². The van der Waals surface area contributed by atoms with Crippen molar-refractivity contribution in [1.82, 2.24) is 9.55 Å². The molecule has 1 fully saturated rings. The van der Waals surface area contributed by atoms with Crippen molar-refractivity contribution in [2.24, 2.45) is 0 Å². The summed E-state index contributed by atoms with van der Waals surface area (Å²) in [6.45, 7) is 4.70. The number of nitrogens with zero attached hydrogens (tertiary/aromatic N) is 3. The van der Waals surface area contributed by atoms with Gasteiger partial charge in [-0.2, -0.15) is 0 Å². The van der Waals surface area contributed by atoms with Gasteiger partial charge in [0.25, 0.3) is 0 Å². The quantitative estimate of drug-likeness (QED) is 0.654. The van der Waals surface area contributed by atoms with Gasteiger partial charge in [0.05, 0.1) is 18.1 Å². The molecule has 1 amide bonds. The van der Waals surface area contributed by atoms with Crippen LogP contribution in [0.25, 0.3) is 11.0 Å².